The van der Waals surface area contributed by atoms with E-state index < -0.39 is 35.2 Å². The van der Waals surface area contributed by atoms with E-state index in [1.54, 1.807) is 27.7 Å². The third kappa shape index (κ3) is 3.93. The molecule has 1 aliphatic heterocycles. The molecule has 1 fully saturated rings. The predicted octanol–water partition coefficient (Wildman–Crippen LogP) is 1.23. The van der Waals surface area contributed by atoms with Crippen LogP contribution in [0.4, 0.5) is 4.79 Å². The lowest BCUT2D eigenvalue weighted by molar-refractivity contribution is -0.169. The molecule has 21 heavy (non-hydrogen) atoms. The van der Waals surface area contributed by atoms with Gasteiger partial charge in [0.15, 0.2) is 5.60 Å². The summed E-state index contributed by atoms with van der Waals surface area (Å²) in [4.78, 5) is 36.7. The third-order valence-electron chi connectivity index (χ3n) is 3.14. The van der Waals surface area contributed by atoms with Crippen LogP contribution in [0.3, 0.4) is 0 Å². The summed E-state index contributed by atoms with van der Waals surface area (Å²) in [6.45, 7) is 7.96. The van der Waals surface area contributed by atoms with Crippen molar-refractivity contribution in [2.75, 3.05) is 6.61 Å². The summed E-state index contributed by atoms with van der Waals surface area (Å²) in [5.41, 5.74) is -2.74. The molecule has 7 nitrogen and oxygen atoms in total. The number of carbonyl (C=O) groups is 3. The number of imide groups is 1. The summed E-state index contributed by atoms with van der Waals surface area (Å²) in [5.74, 6) is -1.34. The van der Waals surface area contributed by atoms with Crippen LogP contribution < -0.4 is 0 Å². The van der Waals surface area contributed by atoms with Crippen LogP contribution in [0.25, 0.3) is 0 Å². The van der Waals surface area contributed by atoms with Crippen molar-refractivity contribution in [1.29, 1.82) is 0 Å². The molecule has 0 aliphatic carbocycles. The maximum absolute atomic E-state index is 12.1. The van der Waals surface area contributed by atoms with E-state index in [-0.39, 0.29) is 19.4 Å². The van der Waals surface area contributed by atoms with E-state index in [2.05, 4.69) is 0 Å². The molecule has 0 bridgehead atoms. The molecule has 1 saturated heterocycles. The summed E-state index contributed by atoms with van der Waals surface area (Å²) in [5, 5.41) is 10.4. The van der Waals surface area contributed by atoms with Crippen molar-refractivity contribution >= 4 is 18.0 Å². The number of nitrogens with zero attached hydrogens (tertiary/aromatic N) is 1. The van der Waals surface area contributed by atoms with E-state index >= 15 is 0 Å². The number of ether oxygens (including phenoxy) is 2. The van der Waals surface area contributed by atoms with Crippen LogP contribution in [0, 0.1) is 0 Å². The number of amides is 2. The Balaban J connectivity index is 2.98. The van der Waals surface area contributed by atoms with Crippen molar-refractivity contribution in [2.24, 2.45) is 0 Å². The van der Waals surface area contributed by atoms with E-state index in [0.717, 1.165) is 4.90 Å². The number of likely N-dealkylation sites (tertiary alicyclic amines) is 1. The standard InChI is InChI=1S/C14H23NO6/c1-6-20-11(17)14(5,19)9-7-8-10(16)15(9)12(18)21-13(2,3)4/h9,19H,6-8H2,1-5H3/t9-,14-/m0/s1. The summed E-state index contributed by atoms with van der Waals surface area (Å²) in [6, 6.07) is -0.987. The lowest BCUT2D eigenvalue weighted by Gasteiger charge is -2.34. The quantitative estimate of drug-likeness (QED) is 0.788. The first-order valence-corrected chi connectivity index (χ1v) is 6.95. The van der Waals surface area contributed by atoms with Crippen LogP contribution in [0.5, 0.6) is 0 Å². The van der Waals surface area contributed by atoms with Crippen molar-refractivity contribution < 1.29 is 29.0 Å². The first-order valence-electron chi connectivity index (χ1n) is 6.95. The molecule has 120 valence electrons. The van der Waals surface area contributed by atoms with Gasteiger partial charge in [-0.25, -0.2) is 14.5 Å². The van der Waals surface area contributed by atoms with Gasteiger partial charge in [-0.05, 0) is 41.0 Å². The number of hydrogen-bond donors (Lipinski definition) is 1. The van der Waals surface area contributed by atoms with Crippen LogP contribution >= 0.6 is 0 Å². The van der Waals surface area contributed by atoms with Gasteiger partial charge in [0.25, 0.3) is 0 Å². The van der Waals surface area contributed by atoms with E-state index in [1.807, 2.05) is 0 Å². The fourth-order valence-electron chi connectivity index (χ4n) is 2.17. The summed E-state index contributed by atoms with van der Waals surface area (Å²) < 4.78 is 9.96. The molecule has 1 rings (SSSR count). The zero-order valence-corrected chi connectivity index (χ0v) is 13.1. The third-order valence-corrected chi connectivity index (χ3v) is 3.14. The van der Waals surface area contributed by atoms with Gasteiger partial charge in [0.05, 0.1) is 12.6 Å². The lowest BCUT2D eigenvalue weighted by Crippen LogP contribution is -2.56. The first kappa shape index (κ1) is 17.4. The van der Waals surface area contributed by atoms with Crippen molar-refractivity contribution in [2.45, 2.75) is 64.7 Å². The van der Waals surface area contributed by atoms with Crippen LogP contribution in [-0.2, 0) is 19.1 Å². The van der Waals surface area contributed by atoms with Gasteiger partial charge in [0.2, 0.25) is 5.91 Å². The fraction of sp³-hybridized carbons (Fsp3) is 0.786. The molecule has 1 heterocycles. The monoisotopic (exact) mass is 301 g/mol. The minimum absolute atomic E-state index is 0.0689. The van der Waals surface area contributed by atoms with Crippen molar-refractivity contribution in [3.05, 3.63) is 0 Å². The number of aliphatic hydroxyl groups is 1. The van der Waals surface area contributed by atoms with Crippen LogP contribution in [-0.4, -0.2) is 51.8 Å². The molecule has 7 heteroatoms. The topological polar surface area (TPSA) is 93.1 Å². The van der Waals surface area contributed by atoms with E-state index in [0.29, 0.717) is 0 Å². The maximum atomic E-state index is 12.1. The molecule has 1 N–H and O–H groups in total. The van der Waals surface area contributed by atoms with Gasteiger partial charge < -0.3 is 14.6 Å². The van der Waals surface area contributed by atoms with Crippen LogP contribution in [0.2, 0.25) is 0 Å². The molecule has 2 atom stereocenters. The molecule has 0 aromatic heterocycles. The summed E-state index contributed by atoms with van der Waals surface area (Å²) in [6.07, 6.45) is -0.608. The second-order valence-electron chi connectivity index (χ2n) is 6.17. The normalized spacial score (nSPS) is 21.9. The molecule has 0 spiro atoms. The van der Waals surface area contributed by atoms with E-state index in [9.17, 15) is 19.5 Å². The minimum Gasteiger partial charge on any atom is -0.464 e. The Morgan fingerprint density at radius 1 is 1.33 bits per heavy atom. The van der Waals surface area contributed by atoms with Crippen molar-refractivity contribution in [3.8, 4) is 0 Å². The molecule has 0 saturated carbocycles. The Labute approximate surface area is 124 Å². The summed E-state index contributed by atoms with van der Waals surface area (Å²) >= 11 is 0. The first-order chi connectivity index (χ1) is 9.50. The highest BCUT2D eigenvalue weighted by Gasteiger charge is 2.51. The largest absolute Gasteiger partial charge is 0.464 e. The van der Waals surface area contributed by atoms with Gasteiger partial charge in [-0.2, -0.15) is 0 Å². The second-order valence-corrected chi connectivity index (χ2v) is 6.17. The average Bonchev–Trinajstić information content (AvgIpc) is 2.69. The molecule has 0 radical (unpaired) electrons. The van der Waals surface area contributed by atoms with Crippen molar-refractivity contribution in [1.82, 2.24) is 4.90 Å². The Bertz CT molecular complexity index is 437. The smallest absolute Gasteiger partial charge is 0.417 e. The van der Waals surface area contributed by atoms with Gasteiger partial charge in [-0.3, -0.25) is 4.79 Å². The Morgan fingerprint density at radius 3 is 2.38 bits per heavy atom. The zero-order chi connectivity index (χ0) is 16.4. The Hall–Kier alpha value is -1.63. The minimum atomic E-state index is -1.96. The number of esters is 1. The average molecular weight is 301 g/mol. The zero-order valence-electron chi connectivity index (χ0n) is 13.1. The molecule has 0 aromatic rings. The van der Waals surface area contributed by atoms with Gasteiger partial charge in [-0.15, -0.1) is 0 Å². The van der Waals surface area contributed by atoms with Gasteiger partial charge in [0.1, 0.15) is 5.60 Å². The molecule has 0 aromatic carbocycles. The number of carbonyl (C=O) groups excluding carboxylic acids is 3. The number of rotatable bonds is 3. The molecule has 0 unspecified atom stereocenters. The fourth-order valence-corrected chi connectivity index (χ4v) is 2.17. The Kier molecular flexibility index (Phi) is 4.99. The molecule has 2 amide bonds. The van der Waals surface area contributed by atoms with Gasteiger partial charge in [0, 0.05) is 6.42 Å². The van der Waals surface area contributed by atoms with Gasteiger partial charge in [-0.1, -0.05) is 0 Å². The van der Waals surface area contributed by atoms with Crippen LogP contribution in [0.15, 0.2) is 0 Å². The molecular weight excluding hydrogens is 278 g/mol. The molecular formula is C14H23NO6. The summed E-state index contributed by atoms with van der Waals surface area (Å²) in [7, 11) is 0. The van der Waals surface area contributed by atoms with Gasteiger partial charge >= 0.3 is 12.1 Å². The SMILES string of the molecule is CCOC(=O)[C@@](C)(O)[C@@H]1CCC(=O)N1C(=O)OC(C)(C)C. The second kappa shape index (κ2) is 6.01. The number of hydrogen-bond acceptors (Lipinski definition) is 6. The van der Waals surface area contributed by atoms with Crippen LogP contribution in [0.1, 0.15) is 47.5 Å². The Morgan fingerprint density at radius 2 is 1.90 bits per heavy atom. The van der Waals surface area contributed by atoms with Crippen molar-refractivity contribution in [3.63, 3.8) is 0 Å². The highest BCUT2D eigenvalue weighted by atomic mass is 16.6. The maximum Gasteiger partial charge on any atom is 0.417 e. The lowest BCUT2D eigenvalue weighted by atomic mass is 9.94. The highest BCUT2D eigenvalue weighted by Crippen LogP contribution is 2.30. The van der Waals surface area contributed by atoms with E-state index in [1.165, 1.54) is 6.92 Å². The highest BCUT2D eigenvalue weighted by molar-refractivity contribution is 5.96. The van der Waals surface area contributed by atoms with E-state index in [4.69, 9.17) is 9.47 Å². The molecule has 1 aliphatic rings. The predicted molar refractivity (Wildman–Crippen MR) is 73.4 cm³/mol.